The molecule has 116 valence electrons. The summed E-state index contributed by atoms with van der Waals surface area (Å²) in [6.45, 7) is 0. The molecule has 22 heavy (non-hydrogen) atoms. The van der Waals surface area contributed by atoms with Crippen LogP contribution in [0.1, 0.15) is 23.6 Å². The van der Waals surface area contributed by atoms with Crippen LogP contribution in [-0.4, -0.2) is 11.1 Å². The summed E-state index contributed by atoms with van der Waals surface area (Å²) < 4.78 is 38.1. The van der Waals surface area contributed by atoms with Crippen molar-refractivity contribution in [2.24, 2.45) is 5.73 Å². The first-order valence-corrected chi connectivity index (χ1v) is 6.52. The Labute approximate surface area is 125 Å². The van der Waals surface area contributed by atoms with Crippen LogP contribution in [0, 0.1) is 0 Å². The maximum atomic E-state index is 12.7. The highest BCUT2D eigenvalue weighted by Gasteiger charge is 2.30. The van der Waals surface area contributed by atoms with E-state index in [1.54, 1.807) is 30.3 Å². The molecule has 0 amide bonds. The molecule has 0 radical (unpaired) electrons. The summed E-state index contributed by atoms with van der Waals surface area (Å²) in [7, 11) is 0. The molecule has 0 spiro atoms. The van der Waals surface area contributed by atoms with Crippen molar-refractivity contribution in [2.45, 2.75) is 18.6 Å². The molecule has 0 aliphatic heterocycles. The molecule has 1 unspecified atom stereocenters. The van der Waals surface area contributed by atoms with E-state index in [1.165, 1.54) is 6.07 Å². The number of carboxylic acid groups (broad SMARTS) is 1. The Morgan fingerprint density at radius 2 is 1.73 bits per heavy atom. The van der Waals surface area contributed by atoms with Crippen molar-refractivity contribution in [1.29, 1.82) is 0 Å². The topological polar surface area (TPSA) is 63.3 Å². The smallest absolute Gasteiger partial charge is 0.416 e. The number of halogens is 3. The molecule has 0 aromatic heterocycles. The van der Waals surface area contributed by atoms with Gasteiger partial charge >= 0.3 is 12.1 Å². The minimum atomic E-state index is -4.39. The fourth-order valence-electron chi connectivity index (χ4n) is 2.10. The molecule has 0 heterocycles. The zero-order valence-electron chi connectivity index (χ0n) is 11.5. The average molecular weight is 309 g/mol. The lowest BCUT2D eigenvalue weighted by molar-refractivity contribution is -0.138. The second kappa shape index (κ2) is 6.19. The highest BCUT2D eigenvalue weighted by atomic mass is 19.4. The lowest BCUT2D eigenvalue weighted by Gasteiger charge is -2.11. The van der Waals surface area contributed by atoms with Gasteiger partial charge in [-0.1, -0.05) is 36.4 Å². The second-order valence-electron chi connectivity index (χ2n) is 4.90. The summed E-state index contributed by atoms with van der Waals surface area (Å²) in [6, 6.07) is 10.9. The number of carbonyl (C=O) groups is 1. The molecule has 0 saturated heterocycles. The van der Waals surface area contributed by atoms with Gasteiger partial charge in [-0.15, -0.1) is 0 Å². The van der Waals surface area contributed by atoms with Gasteiger partial charge in [0.05, 0.1) is 12.0 Å². The summed E-state index contributed by atoms with van der Waals surface area (Å²) in [5.41, 5.74) is 6.69. The maximum Gasteiger partial charge on any atom is 0.416 e. The number of rotatable bonds is 4. The number of nitrogens with two attached hydrogens (primary N) is 1. The number of aliphatic carboxylic acids is 1. The summed E-state index contributed by atoms with van der Waals surface area (Å²) in [5.74, 6) is -1.01. The van der Waals surface area contributed by atoms with E-state index in [9.17, 15) is 18.0 Å². The van der Waals surface area contributed by atoms with Gasteiger partial charge in [-0.05, 0) is 28.8 Å². The minimum Gasteiger partial charge on any atom is -0.481 e. The molecule has 2 aromatic rings. The number of carboxylic acids is 1. The van der Waals surface area contributed by atoms with Crippen LogP contribution in [-0.2, 0) is 11.0 Å². The molecule has 1 atom stereocenters. The van der Waals surface area contributed by atoms with Crippen LogP contribution in [0.3, 0.4) is 0 Å². The predicted molar refractivity (Wildman–Crippen MR) is 76.1 cm³/mol. The Bertz CT molecular complexity index is 666. The van der Waals surface area contributed by atoms with Gasteiger partial charge in [0.2, 0.25) is 0 Å². The zero-order chi connectivity index (χ0) is 16.3. The lowest BCUT2D eigenvalue weighted by atomic mass is 9.98. The third kappa shape index (κ3) is 3.85. The van der Waals surface area contributed by atoms with E-state index in [2.05, 4.69) is 0 Å². The van der Waals surface area contributed by atoms with Crippen molar-refractivity contribution in [3.05, 3.63) is 59.7 Å². The fourth-order valence-corrected chi connectivity index (χ4v) is 2.10. The van der Waals surface area contributed by atoms with Gasteiger partial charge in [-0.25, -0.2) is 0 Å². The Hall–Kier alpha value is -2.34. The average Bonchev–Trinajstić information content (AvgIpc) is 2.46. The van der Waals surface area contributed by atoms with Gasteiger partial charge in [0.1, 0.15) is 0 Å². The van der Waals surface area contributed by atoms with Crippen LogP contribution >= 0.6 is 0 Å². The highest BCUT2D eigenvalue weighted by molar-refractivity contribution is 5.68. The Morgan fingerprint density at radius 1 is 1.09 bits per heavy atom. The number of hydrogen-bond acceptors (Lipinski definition) is 2. The molecule has 2 aromatic carbocycles. The van der Waals surface area contributed by atoms with Crippen LogP contribution in [0.4, 0.5) is 13.2 Å². The van der Waals surface area contributed by atoms with Crippen LogP contribution in [0.25, 0.3) is 11.1 Å². The van der Waals surface area contributed by atoms with E-state index in [1.807, 2.05) is 0 Å². The Kier molecular flexibility index (Phi) is 4.51. The molecule has 0 saturated carbocycles. The summed E-state index contributed by atoms with van der Waals surface area (Å²) >= 11 is 0. The first kappa shape index (κ1) is 16.0. The molecule has 3 nitrogen and oxygen atoms in total. The van der Waals surface area contributed by atoms with Gasteiger partial charge < -0.3 is 10.8 Å². The number of benzene rings is 2. The van der Waals surface area contributed by atoms with E-state index in [-0.39, 0.29) is 6.42 Å². The highest BCUT2D eigenvalue weighted by Crippen LogP contribution is 2.32. The monoisotopic (exact) mass is 309 g/mol. The van der Waals surface area contributed by atoms with Crippen LogP contribution < -0.4 is 5.73 Å². The van der Waals surface area contributed by atoms with E-state index in [0.717, 1.165) is 12.1 Å². The fraction of sp³-hybridized carbons (Fsp3) is 0.188. The third-order valence-electron chi connectivity index (χ3n) is 3.26. The third-order valence-corrected chi connectivity index (χ3v) is 3.26. The van der Waals surface area contributed by atoms with E-state index < -0.39 is 23.8 Å². The summed E-state index contributed by atoms with van der Waals surface area (Å²) in [5, 5.41) is 8.70. The largest absolute Gasteiger partial charge is 0.481 e. The molecule has 0 aliphatic rings. The van der Waals surface area contributed by atoms with Crippen molar-refractivity contribution in [1.82, 2.24) is 0 Å². The maximum absolute atomic E-state index is 12.7. The molecule has 0 bridgehead atoms. The molecular weight excluding hydrogens is 295 g/mol. The quantitative estimate of drug-likeness (QED) is 0.901. The molecule has 0 aliphatic carbocycles. The van der Waals surface area contributed by atoms with E-state index in [0.29, 0.717) is 16.7 Å². The van der Waals surface area contributed by atoms with Gasteiger partial charge in [-0.2, -0.15) is 13.2 Å². The summed E-state index contributed by atoms with van der Waals surface area (Å²) in [4.78, 5) is 10.6. The molecular formula is C16H14F3NO2. The van der Waals surface area contributed by atoms with Crippen molar-refractivity contribution < 1.29 is 23.1 Å². The van der Waals surface area contributed by atoms with Crippen molar-refractivity contribution in [3.8, 4) is 11.1 Å². The van der Waals surface area contributed by atoms with E-state index in [4.69, 9.17) is 10.8 Å². The normalized spacial score (nSPS) is 12.9. The van der Waals surface area contributed by atoms with Gasteiger partial charge in [0.25, 0.3) is 0 Å². The van der Waals surface area contributed by atoms with Crippen LogP contribution in [0.15, 0.2) is 48.5 Å². The predicted octanol–water partition coefficient (Wildman–Crippen LogP) is 3.85. The first-order chi connectivity index (χ1) is 10.3. The molecule has 3 N–H and O–H groups in total. The first-order valence-electron chi connectivity index (χ1n) is 6.52. The Balaban J connectivity index is 2.26. The number of alkyl halides is 3. The van der Waals surface area contributed by atoms with Gasteiger partial charge in [0, 0.05) is 6.04 Å². The molecule has 0 fully saturated rings. The standard InChI is InChI=1S/C16H14F3NO2/c17-16(18,19)13-3-1-2-12(8-13)10-4-6-11(7-5-10)14(20)9-15(21)22/h1-8,14H,9,20H2,(H,21,22). The SMILES string of the molecule is NC(CC(=O)O)c1ccc(-c2cccc(C(F)(F)F)c2)cc1. The van der Waals surface area contributed by atoms with Crippen molar-refractivity contribution in [2.75, 3.05) is 0 Å². The molecule has 2 rings (SSSR count). The zero-order valence-corrected chi connectivity index (χ0v) is 11.5. The lowest BCUT2D eigenvalue weighted by Crippen LogP contribution is -2.14. The molecule has 6 heteroatoms. The van der Waals surface area contributed by atoms with Crippen molar-refractivity contribution >= 4 is 5.97 Å². The van der Waals surface area contributed by atoms with E-state index >= 15 is 0 Å². The number of hydrogen-bond donors (Lipinski definition) is 2. The van der Waals surface area contributed by atoms with Crippen LogP contribution in [0.5, 0.6) is 0 Å². The summed E-state index contributed by atoms with van der Waals surface area (Å²) in [6.07, 6.45) is -4.59. The minimum absolute atomic E-state index is 0.205. The van der Waals surface area contributed by atoms with Gasteiger partial charge in [-0.3, -0.25) is 4.79 Å². The van der Waals surface area contributed by atoms with Gasteiger partial charge in [0.15, 0.2) is 0 Å². The second-order valence-corrected chi connectivity index (χ2v) is 4.90. The van der Waals surface area contributed by atoms with Crippen molar-refractivity contribution in [3.63, 3.8) is 0 Å². The van der Waals surface area contributed by atoms with Crippen LogP contribution in [0.2, 0.25) is 0 Å². The Morgan fingerprint density at radius 3 is 2.27 bits per heavy atom.